The van der Waals surface area contributed by atoms with Gasteiger partial charge in [0.1, 0.15) is 0 Å². The fourth-order valence-electron chi connectivity index (χ4n) is 2.52. The van der Waals surface area contributed by atoms with Crippen molar-refractivity contribution in [2.24, 2.45) is 0 Å². The van der Waals surface area contributed by atoms with Crippen molar-refractivity contribution in [1.29, 1.82) is 0 Å². The van der Waals surface area contributed by atoms with Crippen LogP contribution in [0.1, 0.15) is 17.2 Å². The molecule has 2 N–H and O–H groups in total. The van der Waals surface area contributed by atoms with Gasteiger partial charge in [-0.05, 0) is 18.1 Å². The van der Waals surface area contributed by atoms with Crippen LogP contribution in [0.15, 0.2) is 24.3 Å². The number of hydrogen-bond donors (Lipinski definition) is 2. The van der Waals surface area contributed by atoms with Crippen LogP contribution in [0.4, 0.5) is 4.79 Å². The summed E-state index contributed by atoms with van der Waals surface area (Å²) >= 11 is 0. The zero-order valence-corrected chi connectivity index (χ0v) is 9.94. The van der Waals surface area contributed by atoms with Crippen molar-refractivity contribution in [1.82, 2.24) is 15.5 Å². The van der Waals surface area contributed by atoms with Gasteiger partial charge in [0.15, 0.2) is 0 Å². The lowest BCUT2D eigenvalue weighted by Crippen LogP contribution is -2.57. The lowest BCUT2D eigenvalue weighted by Gasteiger charge is -2.34. The van der Waals surface area contributed by atoms with E-state index in [0.29, 0.717) is 6.04 Å². The van der Waals surface area contributed by atoms with Gasteiger partial charge in [-0.2, -0.15) is 0 Å². The van der Waals surface area contributed by atoms with Crippen LogP contribution in [0.3, 0.4) is 0 Å². The first kappa shape index (κ1) is 10.6. The van der Waals surface area contributed by atoms with Gasteiger partial charge in [-0.1, -0.05) is 24.3 Å². The molecule has 2 aliphatic rings. The number of amides is 2. The Hall–Kier alpha value is -1.55. The molecule has 17 heavy (non-hydrogen) atoms. The summed E-state index contributed by atoms with van der Waals surface area (Å²) in [4.78, 5) is 13.8. The molecule has 3 rings (SSSR count). The fourth-order valence-corrected chi connectivity index (χ4v) is 2.52. The summed E-state index contributed by atoms with van der Waals surface area (Å²) in [5.74, 6) is 0. The Labute approximate surface area is 101 Å². The topological polar surface area (TPSA) is 44.4 Å². The number of urea groups is 1. The Morgan fingerprint density at radius 3 is 2.71 bits per heavy atom. The predicted molar refractivity (Wildman–Crippen MR) is 65.8 cm³/mol. The van der Waals surface area contributed by atoms with Crippen molar-refractivity contribution in [2.45, 2.75) is 19.0 Å². The van der Waals surface area contributed by atoms with Crippen molar-refractivity contribution >= 4 is 6.03 Å². The lowest BCUT2D eigenvalue weighted by atomic mass is 10.0. The van der Waals surface area contributed by atoms with E-state index < -0.39 is 0 Å². The molecule has 0 spiro atoms. The van der Waals surface area contributed by atoms with Crippen molar-refractivity contribution in [3.8, 4) is 0 Å². The lowest BCUT2D eigenvalue weighted by molar-refractivity contribution is 0.172. The second-order valence-corrected chi connectivity index (χ2v) is 4.82. The summed E-state index contributed by atoms with van der Waals surface area (Å²) < 4.78 is 0. The number of carbonyl (C=O) groups excluding carboxylic acids is 1. The van der Waals surface area contributed by atoms with Gasteiger partial charge < -0.3 is 15.5 Å². The largest absolute Gasteiger partial charge is 0.329 e. The quantitative estimate of drug-likeness (QED) is 0.798. The summed E-state index contributed by atoms with van der Waals surface area (Å²) in [6.45, 7) is 4.73. The molecule has 0 radical (unpaired) electrons. The molecule has 2 aliphatic heterocycles. The molecule has 2 amide bonds. The first-order valence-corrected chi connectivity index (χ1v) is 6.09. The van der Waals surface area contributed by atoms with Gasteiger partial charge in [0.05, 0.1) is 12.1 Å². The smallest absolute Gasteiger partial charge is 0.318 e. The molecule has 90 valence electrons. The maximum Gasteiger partial charge on any atom is 0.318 e. The number of nitrogens with zero attached hydrogens (tertiary/aromatic N) is 1. The molecule has 2 saturated heterocycles. The van der Waals surface area contributed by atoms with E-state index in [2.05, 4.69) is 29.7 Å². The number of nitrogens with one attached hydrogen (secondary N) is 2. The number of benzene rings is 1. The van der Waals surface area contributed by atoms with Crippen LogP contribution in [0, 0.1) is 6.92 Å². The molecule has 2 fully saturated rings. The molecule has 4 heteroatoms. The fraction of sp³-hybridized carbons (Fsp3) is 0.462. The molecular weight excluding hydrogens is 214 g/mol. The van der Waals surface area contributed by atoms with E-state index in [0.717, 1.165) is 19.6 Å². The summed E-state index contributed by atoms with van der Waals surface area (Å²) in [5, 5.41) is 6.27. The van der Waals surface area contributed by atoms with Crippen LogP contribution in [0.2, 0.25) is 0 Å². The molecular formula is C13H17N3O. The van der Waals surface area contributed by atoms with Crippen LogP contribution in [0.25, 0.3) is 0 Å². The highest BCUT2D eigenvalue weighted by molar-refractivity contribution is 5.78. The molecule has 4 nitrogen and oxygen atoms in total. The normalized spacial score (nSPS) is 24.6. The Morgan fingerprint density at radius 1 is 1.29 bits per heavy atom. The third-order valence-corrected chi connectivity index (χ3v) is 3.70. The van der Waals surface area contributed by atoms with Gasteiger partial charge in [0.25, 0.3) is 0 Å². The van der Waals surface area contributed by atoms with E-state index in [1.807, 2.05) is 17.0 Å². The zero-order chi connectivity index (χ0) is 11.8. The average molecular weight is 231 g/mol. The Balaban J connectivity index is 1.78. The van der Waals surface area contributed by atoms with Gasteiger partial charge in [0, 0.05) is 19.6 Å². The van der Waals surface area contributed by atoms with E-state index >= 15 is 0 Å². The number of aryl methyl sites for hydroxylation is 1. The van der Waals surface area contributed by atoms with Gasteiger partial charge in [0.2, 0.25) is 0 Å². The third kappa shape index (κ3) is 1.78. The number of carbonyl (C=O) groups is 1. The van der Waals surface area contributed by atoms with Crippen molar-refractivity contribution < 1.29 is 4.79 Å². The van der Waals surface area contributed by atoms with E-state index in [1.165, 1.54) is 11.1 Å². The van der Waals surface area contributed by atoms with Crippen molar-refractivity contribution in [3.63, 3.8) is 0 Å². The monoisotopic (exact) mass is 231 g/mol. The molecule has 1 aromatic carbocycles. The molecule has 0 bridgehead atoms. The minimum absolute atomic E-state index is 0.0738. The number of rotatable bonds is 2. The van der Waals surface area contributed by atoms with Gasteiger partial charge in [-0.25, -0.2) is 4.79 Å². The Morgan fingerprint density at radius 2 is 2.06 bits per heavy atom. The zero-order valence-electron chi connectivity index (χ0n) is 9.94. The van der Waals surface area contributed by atoms with E-state index in [4.69, 9.17) is 0 Å². The summed E-state index contributed by atoms with van der Waals surface area (Å²) in [5.41, 5.74) is 2.47. The van der Waals surface area contributed by atoms with Crippen LogP contribution in [0.5, 0.6) is 0 Å². The standard InChI is InChI=1S/C13H17N3O/c1-9-4-2-3-5-11(9)12-8-16(13(17)15-12)10-6-14-7-10/h2-5,10,12,14H,6-8H2,1H3,(H,15,17). The Bertz CT molecular complexity index is 442. The average Bonchev–Trinajstić information content (AvgIpc) is 2.59. The maximum absolute atomic E-state index is 11.9. The summed E-state index contributed by atoms with van der Waals surface area (Å²) in [6.07, 6.45) is 0. The molecule has 2 heterocycles. The summed E-state index contributed by atoms with van der Waals surface area (Å²) in [7, 11) is 0. The molecule has 0 aromatic heterocycles. The second-order valence-electron chi connectivity index (χ2n) is 4.82. The van der Waals surface area contributed by atoms with E-state index in [1.54, 1.807) is 0 Å². The number of hydrogen-bond acceptors (Lipinski definition) is 2. The van der Waals surface area contributed by atoms with E-state index in [-0.39, 0.29) is 12.1 Å². The van der Waals surface area contributed by atoms with Crippen molar-refractivity contribution in [2.75, 3.05) is 19.6 Å². The van der Waals surface area contributed by atoms with Crippen LogP contribution >= 0.6 is 0 Å². The van der Waals surface area contributed by atoms with Gasteiger partial charge in [-0.3, -0.25) is 0 Å². The van der Waals surface area contributed by atoms with Gasteiger partial charge in [-0.15, -0.1) is 0 Å². The molecule has 1 aromatic rings. The first-order valence-electron chi connectivity index (χ1n) is 6.09. The van der Waals surface area contributed by atoms with Crippen LogP contribution in [-0.2, 0) is 0 Å². The maximum atomic E-state index is 11.9. The van der Waals surface area contributed by atoms with Crippen LogP contribution < -0.4 is 10.6 Å². The highest BCUT2D eigenvalue weighted by atomic mass is 16.2. The Kier molecular flexibility index (Phi) is 2.52. The molecule has 1 unspecified atom stereocenters. The minimum atomic E-state index is 0.0738. The van der Waals surface area contributed by atoms with Gasteiger partial charge >= 0.3 is 6.03 Å². The molecule has 1 atom stereocenters. The second kappa shape index (κ2) is 4.04. The first-order chi connectivity index (χ1) is 8.25. The van der Waals surface area contributed by atoms with Crippen molar-refractivity contribution in [3.05, 3.63) is 35.4 Å². The molecule has 0 saturated carbocycles. The van der Waals surface area contributed by atoms with Crippen LogP contribution in [-0.4, -0.2) is 36.6 Å². The summed E-state index contributed by atoms with van der Waals surface area (Å²) in [6, 6.07) is 8.85. The molecule has 0 aliphatic carbocycles. The van der Waals surface area contributed by atoms with E-state index in [9.17, 15) is 4.79 Å². The third-order valence-electron chi connectivity index (χ3n) is 3.70. The highest BCUT2D eigenvalue weighted by Gasteiger charge is 2.37. The SMILES string of the molecule is Cc1ccccc1C1CN(C2CNC2)C(=O)N1. The predicted octanol–water partition coefficient (Wildman–Crippen LogP) is 1.03. The minimum Gasteiger partial charge on any atom is -0.329 e. The highest BCUT2D eigenvalue weighted by Crippen LogP contribution is 2.25.